The van der Waals surface area contributed by atoms with E-state index < -0.39 is 5.97 Å². The highest BCUT2D eigenvalue weighted by Gasteiger charge is 2.09. The first-order valence-electron chi connectivity index (χ1n) is 4.65. The Balaban J connectivity index is 2.89. The van der Waals surface area contributed by atoms with E-state index in [4.69, 9.17) is 5.11 Å². The van der Waals surface area contributed by atoms with Gasteiger partial charge in [0, 0.05) is 26.0 Å². The van der Waals surface area contributed by atoms with E-state index in [-0.39, 0.29) is 18.1 Å². The molecule has 0 saturated heterocycles. The number of nitrogens with zero attached hydrogens (tertiary/aromatic N) is 2. The third-order valence-corrected chi connectivity index (χ3v) is 2.02. The number of rotatable bonds is 4. The van der Waals surface area contributed by atoms with Crippen molar-refractivity contribution in [1.29, 1.82) is 0 Å². The molecule has 0 spiro atoms. The minimum atomic E-state index is -0.930. The molecule has 0 aliphatic heterocycles. The van der Waals surface area contributed by atoms with Gasteiger partial charge in [0.05, 0.1) is 0 Å². The molecule has 6 nitrogen and oxygen atoms in total. The van der Waals surface area contributed by atoms with Gasteiger partial charge in [-0.15, -0.1) is 0 Å². The molecule has 1 aromatic heterocycles. The summed E-state index contributed by atoms with van der Waals surface area (Å²) in [4.78, 5) is 27.2. The molecule has 1 aromatic rings. The Morgan fingerprint density at radius 2 is 2.25 bits per heavy atom. The average molecular weight is 223 g/mol. The maximum Gasteiger partial charge on any atom is 0.323 e. The largest absolute Gasteiger partial charge is 0.480 e. The van der Waals surface area contributed by atoms with Crippen LogP contribution in [0.3, 0.4) is 0 Å². The highest BCUT2D eigenvalue weighted by Crippen LogP contribution is 2.12. The third kappa shape index (κ3) is 2.94. The second kappa shape index (κ2) is 5.11. The predicted octanol–water partition coefficient (Wildman–Crippen LogP) is -0.0380. The van der Waals surface area contributed by atoms with Gasteiger partial charge in [0.1, 0.15) is 12.2 Å². The molecule has 1 rings (SSSR count). The van der Waals surface area contributed by atoms with Crippen molar-refractivity contribution in [2.45, 2.75) is 0 Å². The number of hydrogen-bond acceptors (Lipinski definition) is 4. The summed E-state index contributed by atoms with van der Waals surface area (Å²) in [5.74, 6) is -1.23. The van der Waals surface area contributed by atoms with Crippen LogP contribution < -0.4 is 10.2 Å². The van der Waals surface area contributed by atoms with Crippen molar-refractivity contribution in [2.24, 2.45) is 0 Å². The van der Waals surface area contributed by atoms with Crippen molar-refractivity contribution in [2.75, 3.05) is 25.5 Å². The summed E-state index contributed by atoms with van der Waals surface area (Å²) in [7, 11) is 3.15. The van der Waals surface area contributed by atoms with Crippen molar-refractivity contribution in [3.05, 3.63) is 24.0 Å². The highest BCUT2D eigenvalue weighted by atomic mass is 16.4. The number of carboxylic acids is 1. The molecule has 86 valence electrons. The van der Waals surface area contributed by atoms with Crippen molar-refractivity contribution in [3.8, 4) is 0 Å². The van der Waals surface area contributed by atoms with Gasteiger partial charge >= 0.3 is 5.97 Å². The van der Waals surface area contributed by atoms with Crippen LogP contribution in [0.4, 0.5) is 5.69 Å². The molecule has 0 atom stereocenters. The monoisotopic (exact) mass is 223 g/mol. The molecule has 0 unspecified atom stereocenters. The summed E-state index contributed by atoms with van der Waals surface area (Å²) < 4.78 is 0. The lowest BCUT2D eigenvalue weighted by atomic mass is 10.3. The van der Waals surface area contributed by atoms with E-state index in [1.807, 2.05) is 0 Å². The van der Waals surface area contributed by atoms with Crippen LogP contribution in [-0.2, 0) is 4.79 Å². The first-order valence-corrected chi connectivity index (χ1v) is 4.65. The van der Waals surface area contributed by atoms with E-state index in [1.165, 1.54) is 18.1 Å². The fraction of sp³-hybridized carbons (Fsp3) is 0.300. The van der Waals surface area contributed by atoms with Gasteiger partial charge in [0.2, 0.25) is 0 Å². The standard InChI is InChI=1S/C10H13N3O3/c1-11-10(16)8-5-7(3-4-12-8)13(2)6-9(14)15/h3-5H,6H2,1-2H3,(H,11,16)(H,14,15). The molecule has 0 aromatic carbocycles. The fourth-order valence-corrected chi connectivity index (χ4v) is 1.20. The van der Waals surface area contributed by atoms with Crippen molar-refractivity contribution < 1.29 is 14.7 Å². The first-order chi connectivity index (χ1) is 7.54. The van der Waals surface area contributed by atoms with E-state index in [1.54, 1.807) is 19.2 Å². The smallest absolute Gasteiger partial charge is 0.323 e. The zero-order chi connectivity index (χ0) is 12.1. The molecule has 16 heavy (non-hydrogen) atoms. The van der Waals surface area contributed by atoms with E-state index in [0.29, 0.717) is 5.69 Å². The second-order valence-electron chi connectivity index (χ2n) is 3.23. The van der Waals surface area contributed by atoms with Gasteiger partial charge < -0.3 is 15.3 Å². The maximum absolute atomic E-state index is 11.3. The van der Waals surface area contributed by atoms with Crippen LogP contribution in [0.25, 0.3) is 0 Å². The Hall–Kier alpha value is -2.11. The lowest BCUT2D eigenvalue weighted by Crippen LogP contribution is -2.26. The second-order valence-corrected chi connectivity index (χ2v) is 3.23. The fourth-order valence-electron chi connectivity index (χ4n) is 1.20. The van der Waals surface area contributed by atoms with Gasteiger partial charge in [0.15, 0.2) is 0 Å². The van der Waals surface area contributed by atoms with Crippen LogP contribution in [0.1, 0.15) is 10.5 Å². The van der Waals surface area contributed by atoms with Gasteiger partial charge in [-0.2, -0.15) is 0 Å². The number of amides is 1. The molecule has 0 saturated carbocycles. The Labute approximate surface area is 92.9 Å². The Morgan fingerprint density at radius 3 is 2.81 bits per heavy atom. The molecule has 1 heterocycles. The van der Waals surface area contributed by atoms with Gasteiger partial charge in [-0.25, -0.2) is 0 Å². The number of hydrogen-bond donors (Lipinski definition) is 2. The minimum Gasteiger partial charge on any atom is -0.480 e. The van der Waals surface area contributed by atoms with E-state index in [0.717, 1.165) is 0 Å². The molecular weight excluding hydrogens is 210 g/mol. The third-order valence-electron chi connectivity index (χ3n) is 2.02. The maximum atomic E-state index is 11.3. The van der Waals surface area contributed by atoms with Crippen molar-refractivity contribution >= 4 is 17.6 Å². The molecule has 2 N–H and O–H groups in total. The van der Waals surface area contributed by atoms with E-state index in [2.05, 4.69) is 10.3 Å². The molecule has 6 heteroatoms. The topological polar surface area (TPSA) is 82.5 Å². The zero-order valence-corrected chi connectivity index (χ0v) is 9.10. The summed E-state index contributed by atoms with van der Waals surface area (Å²) in [6.45, 7) is -0.128. The number of aromatic nitrogens is 1. The molecule has 0 bridgehead atoms. The highest BCUT2D eigenvalue weighted by molar-refractivity contribution is 5.93. The number of carbonyl (C=O) groups is 2. The summed E-state index contributed by atoms with van der Waals surface area (Å²) >= 11 is 0. The van der Waals surface area contributed by atoms with Crippen LogP contribution in [0.15, 0.2) is 18.3 Å². The van der Waals surface area contributed by atoms with Crippen LogP contribution in [-0.4, -0.2) is 42.6 Å². The molecule has 0 radical (unpaired) electrons. The summed E-state index contributed by atoms with van der Waals surface area (Å²) in [5.41, 5.74) is 0.897. The number of aliphatic carboxylic acids is 1. The molecule has 0 fully saturated rings. The Bertz CT molecular complexity index is 406. The molecule has 0 aliphatic carbocycles. The molecule has 0 aliphatic rings. The lowest BCUT2D eigenvalue weighted by molar-refractivity contribution is -0.135. The lowest BCUT2D eigenvalue weighted by Gasteiger charge is -2.16. The number of likely N-dealkylation sites (N-methyl/N-ethyl adjacent to an activating group) is 1. The van der Waals surface area contributed by atoms with Gasteiger partial charge in [-0.1, -0.05) is 0 Å². The number of nitrogens with one attached hydrogen (secondary N) is 1. The molecular formula is C10H13N3O3. The van der Waals surface area contributed by atoms with E-state index >= 15 is 0 Å². The molecule has 1 amide bonds. The van der Waals surface area contributed by atoms with E-state index in [9.17, 15) is 9.59 Å². The summed E-state index contributed by atoms with van der Waals surface area (Å²) in [5, 5.41) is 11.1. The van der Waals surface area contributed by atoms with Crippen LogP contribution in [0.2, 0.25) is 0 Å². The number of pyridine rings is 1. The Morgan fingerprint density at radius 1 is 1.56 bits per heavy atom. The van der Waals surface area contributed by atoms with Crippen LogP contribution >= 0.6 is 0 Å². The van der Waals surface area contributed by atoms with Gasteiger partial charge in [0.25, 0.3) is 5.91 Å². The SMILES string of the molecule is CNC(=O)c1cc(N(C)CC(=O)O)ccn1. The Kier molecular flexibility index (Phi) is 3.82. The number of carbonyl (C=O) groups excluding carboxylic acids is 1. The predicted molar refractivity (Wildman–Crippen MR) is 58.5 cm³/mol. The van der Waals surface area contributed by atoms with Crippen molar-refractivity contribution in [3.63, 3.8) is 0 Å². The van der Waals surface area contributed by atoms with Crippen LogP contribution in [0.5, 0.6) is 0 Å². The summed E-state index contributed by atoms with van der Waals surface area (Å²) in [6.07, 6.45) is 1.47. The van der Waals surface area contributed by atoms with Gasteiger partial charge in [-0.05, 0) is 12.1 Å². The normalized spacial score (nSPS) is 9.62. The summed E-state index contributed by atoms with van der Waals surface area (Å²) in [6, 6.07) is 3.19. The minimum absolute atomic E-state index is 0.128. The number of anilines is 1. The quantitative estimate of drug-likeness (QED) is 0.748. The van der Waals surface area contributed by atoms with Crippen LogP contribution in [0, 0.1) is 0 Å². The zero-order valence-electron chi connectivity index (χ0n) is 9.10. The number of carboxylic acid groups (broad SMARTS) is 1. The average Bonchev–Trinajstić information content (AvgIpc) is 2.27. The van der Waals surface area contributed by atoms with Crippen molar-refractivity contribution in [1.82, 2.24) is 10.3 Å². The first kappa shape index (κ1) is 12.0. The van der Waals surface area contributed by atoms with Gasteiger partial charge in [-0.3, -0.25) is 14.6 Å².